The van der Waals surface area contributed by atoms with Crippen LogP contribution >= 0.6 is 0 Å². The highest BCUT2D eigenvalue weighted by Crippen LogP contribution is 2.42. The van der Waals surface area contributed by atoms with Gasteiger partial charge in [0.1, 0.15) is 5.60 Å². The second-order valence-corrected chi connectivity index (χ2v) is 7.09. The Morgan fingerprint density at radius 1 is 1.24 bits per heavy atom. The average molecular weight is 336 g/mol. The minimum absolute atomic E-state index is 0.0370. The van der Waals surface area contributed by atoms with Crippen LogP contribution in [0.15, 0.2) is 48.5 Å². The highest BCUT2D eigenvalue weighted by atomic mass is 16.5. The zero-order chi connectivity index (χ0) is 17.3. The Morgan fingerprint density at radius 2 is 2.12 bits per heavy atom. The number of morpholine rings is 1. The number of aryl methyl sites for hydroxylation is 1. The van der Waals surface area contributed by atoms with Crippen molar-refractivity contribution in [2.24, 2.45) is 0 Å². The van der Waals surface area contributed by atoms with Gasteiger partial charge in [0.2, 0.25) is 5.91 Å². The molecule has 4 nitrogen and oxygen atoms in total. The van der Waals surface area contributed by atoms with Gasteiger partial charge < -0.3 is 10.1 Å². The lowest BCUT2D eigenvalue weighted by atomic mass is 9.93. The second-order valence-electron chi connectivity index (χ2n) is 7.09. The molecule has 1 aliphatic heterocycles. The SMILES string of the molecule is CC(=O)Nc1cccc(CN2CCOC3(CCc4ccccc43)C2)c1. The van der Waals surface area contributed by atoms with Crippen molar-refractivity contribution in [3.05, 3.63) is 65.2 Å². The predicted molar refractivity (Wildman–Crippen MR) is 98.4 cm³/mol. The van der Waals surface area contributed by atoms with E-state index in [0.29, 0.717) is 0 Å². The number of anilines is 1. The molecule has 1 N–H and O–H groups in total. The number of nitrogens with one attached hydrogen (secondary N) is 1. The monoisotopic (exact) mass is 336 g/mol. The fourth-order valence-electron chi connectivity index (χ4n) is 4.17. The van der Waals surface area contributed by atoms with Gasteiger partial charge in [0.05, 0.1) is 6.61 Å². The Labute approximate surface area is 148 Å². The minimum Gasteiger partial charge on any atom is -0.368 e. The Hall–Kier alpha value is -2.17. The Kier molecular flexibility index (Phi) is 4.32. The number of nitrogens with zero attached hydrogens (tertiary/aromatic N) is 1. The molecule has 0 saturated carbocycles. The van der Waals surface area contributed by atoms with Gasteiger partial charge in [0.15, 0.2) is 0 Å². The summed E-state index contributed by atoms with van der Waals surface area (Å²) in [4.78, 5) is 13.7. The molecule has 2 aliphatic rings. The van der Waals surface area contributed by atoms with Crippen LogP contribution in [0.3, 0.4) is 0 Å². The van der Waals surface area contributed by atoms with Crippen molar-refractivity contribution in [3.63, 3.8) is 0 Å². The Balaban J connectivity index is 1.50. The van der Waals surface area contributed by atoms with Gasteiger partial charge in [-0.15, -0.1) is 0 Å². The Morgan fingerprint density at radius 3 is 3.00 bits per heavy atom. The summed E-state index contributed by atoms with van der Waals surface area (Å²) in [6, 6.07) is 16.8. The summed E-state index contributed by atoms with van der Waals surface area (Å²) in [6.07, 6.45) is 2.16. The van der Waals surface area contributed by atoms with E-state index < -0.39 is 0 Å². The van der Waals surface area contributed by atoms with Crippen LogP contribution in [-0.2, 0) is 28.1 Å². The molecule has 1 spiro atoms. The van der Waals surface area contributed by atoms with E-state index in [1.807, 2.05) is 12.1 Å². The molecule has 1 atom stereocenters. The van der Waals surface area contributed by atoms with Crippen molar-refractivity contribution >= 4 is 11.6 Å². The normalized spacial score (nSPS) is 22.8. The molecule has 1 unspecified atom stereocenters. The summed E-state index contributed by atoms with van der Waals surface area (Å²) >= 11 is 0. The number of hydrogen-bond acceptors (Lipinski definition) is 3. The summed E-state index contributed by atoms with van der Waals surface area (Å²) in [6.45, 7) is 5.04. The molecule has 0 radical (unpaired) electrons. The lowest BCUT2D eigenvalue weighted by molar-refractivity contribution is -0.115. The number of hydrogen-bond donors (Lipinski definition) is 1. The lowest BCUT2D eigenvalue weighted by Crippen LogP contribution is -2.48. The van der Waals surface area contributed by atoms with Crippen molar-refractivity contribution in [1.29, 1.82) is 0 Å². The quantitative estimate of drug-likeness (QED) is 0.935. The molecule has 0 aromatic heterocycles. The van der Waals surface area contributed by atoms with Crippen molar-refractivity contribution in [3.8, 4) is 0 Å². The fraction of sp³-hybridized carbons (Fsp3) is 0.381. The number of carbonyl (C=O) groups excluding carboxylic acids is 1. The third kappa shape index (κ3) is 3.32. The van der Waals surface area contributed by atoms with E-state index in [1.54, 1.807) is 0 Å². The molecule has 1 heterocycles. The molecule has 1 fully saturated rings. The summed E-state index contributed by atoms with van der Waals surface area (Å²) in [5.41, 5.74) is 4.72. The average Bonchev–Trinajstić information content (AvgIpc) is 2.93. The highest BCUT2D eigenvalue weighted by Gasteiger charge is 2.43. The fourth-order valence-corrected chi connectivity index (χ4v) is 4.17. The summed E-state index contributed by atoms with van der Waals surface area (Å²) in [5, 5.41) is 2.86. The number of ether oxygens (including phenoxy) is 1. The maximum absolute atomic E-state index is 11.3. The molecule has 130 valence electrons. The van der Waals surface area contributed by atoms with Gasteiger partial charge in [-0.2, -0.15) is 0 Å². The molecule has 2 aromatic carbocycles. The maximum atomic E-state index is 11.3. The van der Waals surface area contributed by atoms with Crippen LogP contribution in [0, 0.1) is 0 Å². The van der Waals surface area contributed by atoms with E-state index >= 15 is 0 Å². The third-order valence-electron chi connectivity index (χ3n) is 5.22. The number of amides is 1. The molecular formula is C21H24N2O2. The standard InChI is InChI=1S/C21H24N2O2/c1-16(24)22-19-7-4-5-17(13-19)14-23-11-12-25-21(15-23)10-9-18-6-2-3-8-20(18)21/h2-8,13H,9-12,14-15H2,1H3,(H,22,24). The first-order chi connectivity index (χ1) is 12.1. The van der Waals surface area contributed by atoms with Crippen LogP contribution in [0.4, 0.5) is 5.69 Å². The summed E-state index contributed by atoms with van der Waals surface area (Å²) < 4.78 is 6.30. The molecule has 4 heteroatoms. The van der Waals surface area contributed by atoms with Gasteiger partial charge in [-0.1, -0.05) is 36.4 Å². The summed E-state index contributed by atoms with van der Waals surface area (Å²) in [7, 11) is 0. The van der Waals surface area contributed by atoms with Crippen LogP contribution in [0.25, 0.3) is 0 Å². The van der Waals surface area contributed by atoms with Gasteiger partial charge >= 0.3 is 0 Å². The molecule has 1 amide bonds. The molecule has 1 saturated heterocycles. The van der Waals surface area contributed by atoms with E-state index in [4.69, 9.17) is 4.74 Å². The zero-order valence-corrected chi connectivity index (χ0v) is 14.6. The van der Waals surface area contributed by atoms with Gasteiger partial charge in [0, 0.05) is 32.2 Å². The first-order valence-corrected chi connectivity index (χ1v) is 8.96. The summed E-state index contributed by atoms with van der Waals surface area (Å²) in [5.74, 6) is -0.0370. The smallest absolute Gasteiger partial charge is 0.221 e. The number of carbonyl (C=O) groups is 1. The van der Waals surface area contributed by atoms with Gasteiger partial charge in [0.25, 0.3) is 0 Å². The van der Waals surface area contributed by atoms with Crippen LogP contribution in [0.2, 0.25) is 0 Å². The van der Waals surface area contributed by atoms with Gasteiger partial charge in [-0.05, 0) is 41.7 Å². The molecule has 4 rings (SSSR count). The molecule has 1 aliphatic carbocycles. The van der Waals surface area contributed by atoms with Crippen molar-refractivity contribution in [2.45, 2.75) is 31.9 Å². The van der Waals surface area contributed by atoms with Crippen LogP contribution in [0.5, 0.6) is 0 Å². The largest absolute Gasteiger partial charge is 0.368 e. The van der Waals surface area contributed by atoms with E-state index in [9.17, 15) is 4.79 Å². The first-order valence-electron chi connectivity index (χ1n) is 8.96. The van der Waals surface area contributed by atoms with Crippen LogP contribution in [-0.4, -0.2) is 30.5 Å². The van der Waals surface area contributed by atoms with E-state index in [2.05, 4.69) is 46.6 Å². The van der Waals surface area contributed by atoms with Gasteiger partial charge in [-0.3, -0.25) is 9.69 Å². The lowest BCUT2D eigenvalue weighted by Gasteiger charge is -2.41. The first kappa shape index (κ1) is 16.3. The number of rotatable bonds is 3. The molecule has 0 bridgehead atoms. The highest BCUT2D eigenvalue weighted by molar-refractivity contribution is 5.88. The zero-order valence-electron chi connectivity index (χ0n) is 14.6. The minimum atomic E-state index is -0.149. The predicted octanol–water partition coefficient (Wildman–Crippen LogP) is 3.32. The molecule has 25 heavy (non-hydrogen) atoms. The molecular weight excluding hydrogens is 312 g/mol. The number of benzene rings is 2. The van der Waals surface area contributed by atoms with E-state index in [1.165, 1.54) is 23.6 Å². The second kappa shape index (κ2) is 6.62. The Bertz CT molecular complexity index is 785. The van der Waals surface area contributed by atoms with Crippen LogP contribution < -0.4 is 5.32 Å². The van der Waals surface area contributed by atoms with Crippen molar-refractivity contribution in [2.75, 3.05) is 25.0 Å². The number of fused-ring (bicyclic) bond motifs is 2. The van der Waals surface area contributed by atoms with E-state index in [-0.39, 0.29) is 11.5 Å². The topological polar surface area (TPSA) is 41.6 Å². The van der Waals surface area contributed by atoms with Crippen molar-refractivity contribution in [1.82, 2.24) is 4.90 Å². The third-order valence-corrected chi connectivity index (χ3v) is 5.22. The van der Waals surface area contributed by atoms with Crippen LogP contribution in [0.1, 0.15) is 30.0 Å². The molecule has 2 aromatic rings. The van der Waals surface area contributed by atoms with E-state index in [0.717, 1.165) is 44.8 Å². The van der Waals surface area contributed by atoms with Crippen molar-refractivity contribution < 1.29 is 9.53 Å². The van der Waals surface area contributed by atoms with Gasteiger partial charge in [-0.25, -0.2) is 0 Å². The maximum Gasteiger partial charge on any atom is 0.221 e.